The van der Waals surface area contributed by atoms with Crippen molar-refractivity contribution in [3.8, 4) is 10.7 Å². The second-order valence-corrected chi connectivity index (χ2v) is 6.63. The first-order chi connectivity index (χ1) is 11.8. The van der Waals surface area contributed by atoms with Crippen LogP contribution in [0.2, 0.25) is 0 Å². The smallest absolute Gasteiger partial charge is 0.273 e. The van der Waals surface area contributed by atoms with Gasteiger partial charge in [-0.2, -0.15) is 0 Å². The van der Waals surface area contributed by atoms with Crippen molar-refractivity contribution in [3.63, 3.8) is 0 Å². The predicted octanol–water partition coefficient (Wildman–Crippen LogP) is 3.26. The Hall–Kier alpha value is -2.18. The molecule has 2 aromatic heterocycles. The van der Waals surface area contributed by atoms with Gasteiger partial charge in [-0.15, -0.1) is 11.3 Å². The summed E-state index contributed by atoms with van der Waals surface area (Å²) in [5.41, 5.74) is 2.81. The Labute approximate surface area is 144 Å². The minimum atomic E-state index is -0.0000374. The molecule has 1 fully saturated rings. The Morgan fingerprint density at radius 3 is 2.88 bits per heavy atom. The molecule has 1 aliphatic rings. The lowest BCUT2D eigenvalue weighted by atomic mass is 10.2. The zero-order valence-electron chi connectivity index (χ0n) is 13.6. The van der Waals surface area contributed by atoms with Gasteiger partial charge >= 0.3 is 0 Å². The molecule has 0 saturated carbocycles. The van der Waals surface area contributed by atoms with Gasteiger partial charge in [0.2, 0.25) is 0 Å². The molecule has 3 aromatic rings. The van der Waals surface area contributed by atoms with Crippen molar-refractivity contribution in [1.29, 1.82) is 0 Å². The molecule has 1 aromatic carbocycles. The quantitative estimate of drug-likeness (QED) is 0.735. The number of aryl methyl sites for hydroxylation is 1. The van der Waals surface area contributed by atoms with Crippen molar-refractivity contribution in [2.45, 2.75) is 13.5 Å². The SMILES string of the molecule is CCn1c(-c2nc(C(=O)N3CCOCC3)cs2)cc2ccccc21. The minimum absolute atomic E-state index is 0.0000374. The van der Waals surface area contributed by atoms with E-state index in [9.17, 15) is 4.79 Å². The fourth-order valence-electron chi connectivity index (χ4n) is 3.15. The summed E-state index contributed by atoms with van der Waals surface area (Å²) in [6, 6.07) is 10.5. The number of hydrogen-bond donors (Lipinski definition) is 0. The van der Waals surface area contributed by atoms with Gasteiger partial charge in [-0.05, 0) is 19.1 Å². The van der Waals surface area contributed by atoms with Gasteiger partial charge in [0.15, 0.2) is 0 Å². The van der Waals surface area contributed by atoms with E-state index in [-0.39, 0.29) is 5.91 Å². The van der Waals surface area contributed by atoms with Crippen LogP contribution in [0.15, 0.2) is 35.7 Å². The summed E-state index contributed by atoms with van der Waals surface area (Å²) in [5.74, 6) is -0.0000374. The number of nitrogens with zero attached hydrogens (tertiary/aromatic N) is 3. The fourth-order valence-corrected chi connectivity index (χ4v) is 3.96. The zero-order valence-corrected chi connectivity index (χ0v) is 14.4. The van der Waals surface area contributed by atoms with E-state index >= 15 is 0 Å². The molecule has 0 N–H and O–H groups in total. The molecular formula is C18H19N3O2S. The van der Waals surface area contributed by atoms with E-state index in [1.165, 1.54) is 22.2 Å². The van der Waals surface area contributed by atoms with Crippen LogP contribution in [0.5, 0.6) is 0 Å². The molecular weight excluding hydrogens is 322 g/mol. The second-order valence-electron chi connectivity index (χ2n) is 5.78. The Balaban J connectivity index is 1.68. The van der Waals surface area contributed by atoms with Crippen LogP contribution in [0.25, 0.3) is 21.6 Å². The highest BCUT2D eigenvalue weighted by Gasteiger charge is 2.22. The lowest BCUT2D eigenvalue weighted by Crippen LogP contribution is -2.40. The van der Waals surface area contributed by atoms with Crippen LogP contribution in [-0.4, -0.2) is 46.7 Å². The van der Waals surface area contributed by atoms with Crippen molar-refractivity contribution < 1.29 is 9.53 Å². The number of amides is 1. The lowest BCUT2D eigenvalue weighted by molar-refractivity contribution is 0.0299. The highest BCUT2D eigenvalue weighted by Crippen LogP contribution is 2.30. The summed E-state index contributed by atoms with van der Waals surface area (Å²) in [4.78, 5) is 19.0. The normalized spacial score (nSPS) is 15.1. The van der Waals surface area contributed by atoms with Crippen molar-refractivity contribution in [2.24, 2.45) is 0 Å². The van der Waals surface area contributed by atoms with Crippen molar-refractivity contribution >= 4 is 28.1 Å². The second kappa shape index (κ2) is 6.37. The third kappa shape index (κ3) is 2.61. The summed E-state index contributed by atoms with van der Waals surface area (Å²) >= 11 is 1.53. The number of carbonyl (C=O) groups is 1. The maximum absolute atomic E-state index is 12.6. The third-order valence-corrected chi connectivity index (χ3v) is 5.23. The Morgan fingerprint density at radius 1 is 1.29 bits per heavy atom. The molecule has 1 saturated heterocycles. The highest BCUT2D eigenvalue weighted by atomic mass is 32.1. The number of hydrogen-bond acceptors (Lipinski definition) is 4. The number of rotatable bonds is 3. The number of thiazole rings is 1. The maximum Gasteiger partial charge on any atom is 0.273 e. The Kier molecular flexibility index (Phi) is 4.08. The van der Waals surface area contributed by atoms with Crippen LogP contribution in [0, 0.1) is 0 Å². The average molecular weight is 341 g/mol. The number of benzene rings is 1. The maximum atomic E-state index is 12.6. The molecule has 3 heterocycles. The summed E-state index contributed by atoms with van der Waals surface area (Å²) in [6.45, 7) is 5.49. The van der Waals surface area contributed by atoms with E-state index in [4.69, 9.17) is 4.74 Å². The van der Waals surface area contributed by atoms with Crippen LogP contribution in [-0.2, 0) is 11.3 Å². The summed E-state index contributed by atoms with van der Waals surface area (Å²) in [7, 11) is 0. The molecule has 1 aliphatic heterocycles. The molecule has 24 heavy (non-hydrogen) atoms. The van der Waals surface area contributed by atoms with E-state index in [0.29, 0.717) is 32.0 Å². The molecule has 5 nitrogen and oxygen atoms in total. The molecule has 0 bridgehead atoms. The van der Waals surface area contributed by atoms with Crippen LogP contribution in [0.3, 0.4) is 0 Å². The number of morpholine rings is 1. The zero-order chi connectivity index (χ0) is 16.5. The van der Waals surface area contributed by atoms with Crippen LogP contribution >= 0.6 is 11.3 Å². The number of carbonyl (C=O) groups excluding carboxylic acids is 1. The third-order valence-electron chi connectivity index (χ3n) is 4.37. The topological polar surface area (TPSA) is 47.4 Å². The van der Waals surface area contributed by atoms with Gasteiger partial charge in [-0.25, -0.2) is 4.98 Å². The van der Waals surface area contributed by atoms with Gasteiger partial charge in [0.05, 0.1) is 18.9 Å². The monoisotopic (exact) mass is 341 g/mol. The summed E-state index contributed by atoms with van der Waals surface area (Å²) in [5, 5.41) is 3.96. The standard InChI is InChI=1S/C18H19N3O2S/c1-2-21-15-6-4-3-5-13(15)11-16(21)17-19-14(12-24-17)18(22)20-7-9-23-10-8-20/h3-6,11-12H,2,7-10H2,1H3. The van der Waals surface area contributed by atoms with Gasteiger partial charge in [-0.1, -0.05) is 18.2 Å². The molecule has 0 radical (unpaired) electrons. The van der Waals surface area contributed by atoms with E-state index < -0.39 is 0 Å². The van der Waals surface area contributed by atoms with E-state index in [1.807, 2.05) is 22.4 Å². The van der Waals surface area contributed by atoms with Crippen LogP contribution < -0.4 is 0 Å². The fraction of sp³-hybridized carbons (Fsp3) is 0.333. The molecule has 124 valence electrons. The highest BCUT2D eigenvalue weighted by molar-refractivity contribution is 7.13. The Bertz CT molecular complexity index is 877. The van der Waals surface area contributed by atoms with Gasteiger partial charge in [0.25, 0.3) is 5.91 Å². The van der Waals surface area contributed by atoms with Crippen molar-refractivity contribution in [1.82, 2.24) is 14.5 Å². The molecule has 0 atom stereocenters. The molecule has 0 unspecified atom stereocenters. The molecule has 4 rings (SSSR count). The first-order valence-corrected chi connectivity index (χ1v) is 9.07. The molecule has 1 amide bonds. The number of fused-ring (bicyclic) bond motifs is 1. The summed E-state index contributed by atoms with van der Waals surface area (Å²) in [6.07, 6.45) is 0. The molecule has 0 aliphatic carbocycles. The first-order valence-electron chi connectivity index (χ1n) is 8.19. The lowest BCUT2D eigenvalue weighted by Gasteiger charge is -2.25. The number of para-hydroxylation sites is 1. The van der Waals surface area contributed by atoms with E-state index in [0.717, 1.165) is 17.2 Å². The predicted molar refractivity (Wildman–Crippen MR) is 95.4 cm³/mol. The minimum Gasteiger partial charge on any atom is -0.378 e. The Morgan fingerprint density at radius 2 is 2.08 bits per heavy atom. The van der Waals surface area contributed by atoms with Crippen molar-refractivity contribution in [3.05, 3.63) is 41.4 Å². The molecule has 6 heteroatoms. The summed E-state index contributed by atoms with van der Waals surface area (Å²) < 4.78 is 7.56. The average Bonchev–Trinajstić information content (AvgIpc) is 3.26. The first kappa shape index (κ1) is 15.4. The van der Waals surface area contributed by atoms with Gasteiger partial charge in [-0.3, -0.25) is 4.79 Å². The van der Waals surface area contributed by atoms with Crippen LogP contribution in [0.1, 0.15) is 17.4 Å². The number of ether oxygens (including phenoxy) is 1. The van der Waals surface area contributed by atoms with Gasteiger partial charge in [0, 0.05) is 35.9 Å². The largest absolute Gasteiger partial charge is 0.378 e. The number of aromatic nitrogens is 2. The van der Waals surface area contributed by atoms with E-state index in [2.05, 4.69) is 34.7 Å². The van der Waals surface area contributed by atoms with E-state index in [1.54, 1.807) is 0 Å². The van der Waals surface area contributed by atoms with Crippen molar-refractivity contribution in [2.75, 3.05) is 26.3 Å². The molecule has 0 spiro atoms. The van der Waals surface area contributed by atoms with Gasteiger partial charge < -0.3 is 14.2 Å². The van der Waals surface area contributed by atoms with Crippen LogP contribution in [0.4, 0.5) is 0 Å². The van der Waals surface area contributed by atoms with Gasteiger partial charge in [0.1, 0.15) is 10.7 Å².